The van der Waals surface area contributed by atoms with E-state index in [-0.39, 0.29) is 12.5 Å². The summed E-state index contributed by atoms with van der Waals surface area (Å²) in [5.74, 6) is 2.37. The van der Waals surface area contributed by atoms with Crippen molar-refractivity contribution in [2.45, 2.75) is 25.8 Å². The van der Waals surface area contributed by atoms with Gasteiger partial charge in [-0.2, -0.15) is 11.8 Å². The number of amides is 1. The van der Waals surface area contributed by atoms with Crippen molar-refractivity contribution >= 4 is 17.7 Å². The Morgan fingerprint density at radius 2 is 2.43 bits per heavy atom. The number of nitrogens with zero attached hydrogens (tertiary/aromatic N) is 1. The Kier molecular flexibility index (Phi) is 5.33. The molecule has 1 aliphatic rings. The Hall–Kier alpha value is -0.220. The SMILES string of the molecule is CCCOCC(=O)N(C)C1CCSC1. The molecule has 0 aromatic carbocycles. The summed E-state index contributed by atoms with van der Waals surface area (Å²) in [7, 11) is 1.88. The minimum absolute atomic E-state index is 0.117. The summed E-state index contributed by atoms with van der Waals surface area (Å²) in [6.07, 6.45) is 2.09. The maximum absolute atomic E-state index is 11.6. The van der Waals surface area contributed by atoms with Crippen molar-refractivity contribution < 1.29 is 9.53 Å². The number of hydrogen-bond donors (Lipinski definition) is 0. The van der Waals surface area contributed by atoms with E-state index < -0.39 is 0 Å². The summed E-state index contributed by atoms with van der Waals surface area (Å²) in [6.45, 7) is 2.96. The molecule has 3 nitrogen and oxygen atoms in total. The Labute approximate surface area is 90.2 Å². The molecule has 14 heavy (non-hydrogen) atoms. The van der Waals surface area contributed by atoms with E-state index in [1.54, 1.807) is 0 Å². The highest BCUT2D eigenvalue weighted by atomic mass is 32.2. The van der Waals surface area contributed by atoms with Gasteiger partial charge in [-0.15, -0.1) is 0 Å². The molecular weight excluding hydrogens is 198 g/mol. The van der Waals surface area contributed by atoms with E-state index in [2.05, 4.69) is 0 Å². The lowest BCUT2D eigenvalue weighted by atomic mass is 10.2. The molecule has 0 N–H and O–H groups in total. The van der Waals surface area contributed by atoms with Crippen LogP contribution in [0.25, 0.3) is 0 Å². The second kappa shape index (κ2) is 6.30. The van der Waals surface area contributed by atoms with Crippen LogP contribution >= 0.6 is 11.8 Å². The first-order valence-electron chi connectivity index (χ1n) is 5.17. The summed E-state index contributed by atoms with van der Waals surface area (Å²) in [4.78, 5) is 13.4. The highest BCUT2D eigenvalue weighted by Gasteiger charge is 2.23. The Morgan fingerprint density at radius 1 is 1.64 bits per heavy atom. The average molecular weight is 217 g/mol. The van der Waals surface area contributed by atoms with Crippen LogP contribution in [-0.4, -0.2) is 48.6 Å². The number of rotatable bonds is 5. The first-order valence-corrected chi connectivity index (χ1v) is 6.32. The molecule has 0 aromatic heterocycles. The molecule has 0 bridgehead atoms. The third kappa shape index (κ3) is 3.50. The Balaban J connectivity index is 2.21. The van der Waals surface area contributed by atoms with E-state index in [0.717, 1.165) is 18.6 Å². The highest BCUT2D eigenvalue weighted by molar-refractivity contribution is 7.99. The van der Waals surface area contributed by atoms with Gasteiger partial charge in [0.1, 0.15) is 6.61 Å². The van der Waals surface area contributed by atoms with Crippen LogP contribution in [0.3, 0.4) is 0 Å². The first kappa shape index (κ1) is 11.9. The van der Waals surface area contributed by atoms with Gasteiger partial charge < -0.3 is 9.64 Å². The summed E-state index contributed by atoms with van der Waals surface area (Å²) in [5.41, 5.74) is 0. The summed E-state index contributed by atoms with van der Waals surface area (Å²) in [6, 6.07) is 0.428. The lowest BCUT2D eigenvalue weighted by molar-refractivity contribution is -0.136. The van der Waals surface area contributed by atoms with Gasteiger partial charge in [0.25, 0.3) is 0 Å². The second-order valence-corrected chi connectivity index (χ2v) is 4.72. The first-order chi connectivity index (χ1) is 6.75. The van der Waals surface area contributed by atoms with Crippen molar-refractivity contribution in [2.75, 3.05) is 31.8 Å². The summed E-state index contributed by atoms with van der Waals surface area (Å²) >= 11 is 1.92. The molecule has 0 spiro atoms. The van der Waals surface area contributed by atoms with E-state index in [0.29, 0.717) is 12.6 Å². The number of hydrogen-bond acceptors (Lipinski definition) is 3. The quantitative estimate of drug-likeness (QED) is 0.652. The predicted octanol–water partition coefficient (Wildman–Crippen LogP) is 1.38. The Bertz CT molecular complexity index is 181. The average Bonchev–Trinajstić information content (AvgIpc) is 2.69. The summed E-state index contributed by atoms with van der Waals surface area (Å²) in [5, 5.41) is 0. The zero-order chi connectivity index (χ0) is 10.4. The van der Waals surface area contributed by atoms with Crippen LogP contribution in [0.2, 0.25) is 0 Å². The molecule has 1 aliphatic heterocycles. The van der Waals surface area contributed by atoms with Gasteiger partial charge >= 0.3 is 0 Å². The number of carbonyl (C=O) groups is 1. The molecule has 1 unspecified atom stereocenters. The number of ether oxygens (including phenoxy) is 1. The monoisotopic (exact) mass is 217 g/mol. The van der Waals surface area contributed by atoms with E-state index in [4.69, 9.17) is 4.74 Å². The molecule has 0 aromatic rings. The van der Waals surface area contributed by atoms with Gasteiger partial charge in [-0.25, -0.2) is 0 Å². The van der Waals surface area contributed by atoms with Crippen molar-refractivity contribution in [3.63, 3.8) is 0 Å². The maximum Gasteiger partial charge on any atom is 0.248 e. The van der Waals surface area contributed by atoms with E-state index in [1.807, 2.05) is 30.6 Å². The standard InChI is InChI=1S/C10H19NO2S/c1-3-5-13-7-10(12)11(2)9-4-6-14-8-9/h9H,3-8H2,1-2H3. The van der Waals surface area contributed by atoms with Crippen LogP contribution in [0.1, 0.15) is 19.8 Å². The van der Waals surface area contributed by atoms with Crippen molar-refractivity contribution in [1.82, 2.24) is 4.90 Å². The van der Waals surface area contributed by atoms with E-state index in [9.17, 15) is 4.79 Å². The van der Waals surface area contributed by atoms with Gasteiger partial charge in [0.15, 0.2) is 0 Å². The molecule has 1 fully saturated rings. The zero-order valence-corrected chi connectivity index (χ0v) is 9.81. The predicted molar refractivity (Wildman–Crippen MR) is 59.6 cm³/mol. The smallest absolute Gasteiger partial charge is 0.248 e. The lowest BCUT2D eigenvalue weighted by Crippen LogP contribution is -2.39. The fourth-order valence-corrected chi connectivity index (χ4v) is 2.70. The number of carbonyl (C=O) groups excluding carboxylic acids is 1. The van der Waals surface area contributed by atoms with Crippen LogP contribution < -0.4 is 0 Å². The molecule has 0 radical (unpaired) electrons. The van der Waals surface area contributed by atoms with Crippen LogP contribution in [0, 0.1) is 0 Å². The number of likely N-dealkylation sites (N-methyl/N-ethyl adjacent to an activating group) is 1. The molecule has 0 aliphatic carbocycles. The number of thioether (sulfide) groups is 1. The van der Waals surface area contributed by atoms with Crippen molar-refractivity contribution in [1.29, 1.82) is 0 Å². The van der Waals surface area contributed by atoms with Crippen molar-refractivity contribution in [3.05, 3.63) is 0 Å². The van der Waals surface area contributed by atoms with Crippen LogP contribution in [0.5, 0.6) is 0 Å². The molecule has 82 valence electrons. The molecule has 4 heteroatoms. The van der Waals surface area contributed by atoms with Gasteiger partial charge in [-0.1, -0.05) is 6.92 Å². The van der Waals surface area contributed by atoms with Gasteiger partial charge in [0.2, 0.25) is 5.91 Å². The topological polar surface area (TPSA) is 29.5 Å². The normalized spacial score (nSPS) is 21.1. The largest absolute Gasteiger partial charge is 0.372 e. The van der Waals surface area contributed by atoms with Crippen LogP contribution in [-0.2, 0) is 9.53 Å². The third-order valence-corrected chi connectivity index (χ3v) is 3.57. The summed E-state index contributed by atoms with van der Waals surface area (Å²) < 4.78 is 5.23. The van der Waals surface area contributed by atoms with E-state index in [1.165, 1.54) is 5.75 Å². The van der Waals surface area contributed by atoms with Crippen molar-refractivity contribution in [3.8, 4) is 0 Å². The molecule has 1 amide bonds. The molecular formula is C10H19NO2S. The third-order valence-electron chi connectivity index (χ3n) is 2.42. The maximum atomic E-state index is 11.6. The van der Waals surface area contributed by atoms with Gasteiger partial charge in [0, 0.05) is 25.4 Å². The molecule has 1 rings (SSSR count). The molecule has 1 atom stereocenters. The minimum Gasteiger partial charge on any atom is -0.372 e. The van der Waals surface area contributed by atoms with Gasteiger partial charge in [-0.3, -0.25) is 4.79 Å². The zero-order valence-electron chi connectivity index (χ0n) is 8.99. The second-order valence-electron chi connectivity index (χ2n) is 3.57. The molecule has 1 heterocycles. The van der Waals surface area contributed by atoms with Crippen LogP contribution in [0.4, 0.5) is 0 Å². The fraction of sp³-hybridized carbons (Fsp3) is 0.900. The van der Waals surface area contributed by atoms with Gasteiger partial charge in [0.05, 0.1) is 0 Å². The van der Waals surface area contributed by atoms with Crippen molar-refractivity contribution in [2.24, 2.45) is 0 Å². The van der Waals surface area contributed by atoms with Gasteiger partial charge in [-0.05, 0) is 18.6 Å². The highest BCUT2D eigenvalue weighted by Crippen LogP contribution is 2.21. The fourth-order valence-electron chi connectivity index (χ4n) is 1.44. The molecule has 0 saturated carbocycles. The minimum atomic E-state index is 0.117. The van der Waals surface area contributed by atoms with E-state index >= 15 is 0 Å². The Morgan fingerprint density at radius 3 is 3.00 bits per heavy atom. The molecule has 1 saturated heterocycles. The lowest BCUT2D eigenvalue weighted by Gasteiger charge is -2.23. The van der Waals surface area contributed by atoms with Crippen LogP contribution in [0.15, 0.2) is 0 Å².